The van der Waals surface area contributed by atoms with Gasteiger partial charge in [-0.15, -0.1) is 10.2 Å². The first-order valence-electron chi connectivity index (χ1n) is 20.4. The van der Waals surface area contributed by atoms with Crippen LogP contribution >= 0.6 is 11.6 Å². The number of halogens is 1. The first-order valence-corrected chi connectivity index (χ1v) is 20.8. The van der Waals surface area contributed by atoms with Crippen LogP contribution in [0.25, 0.3) is 0 Å². The lowest BCUT2D eigenvalue weighted by atomic mass is 9.96. The average Bonchev–Trinajstić information content (AvgIpc) is 3.27. The Morgan fingerprint density at radius 1 is 0.915 bits per heavy atom. The molecular formula is C43H53ClN10O5. The third-order valence-electron chi connectivity index (χ3n) is 11.8. The van der Waals surface area contributed by atoms with Crippen molar-refractivity contribution in [1.29, 1.82) is 5.26 Å². The number of amides is 3. The minimum Gasteiger partial charge on any atom is -0.369 e. The molecule has 0 saturated carbocycles. The van der Waals surface area contributed by atoms with E-state index in [1.165, 1.54) is 19.0 Å². The molecule has 6 rings (SSSR count). The van der Waals surface area contributed by atoms with E-state index in [0.717, 1.165) is 114 Å². The first-order chi connectivity index (χ1) is 28.6. The van der Waals surface area contributed by atoms with Crippen molar-refractivity contribution < 1.29 is 24.0 Å². The zero-order valence-electron chi connectivity index (χ0n) is 33.8. The number of hydrogen-bond donors (Lipinski definition) is 2. The van der Waals surface area contributed by atoms with Crippen molar-refractivity contribution in [3.8, 4) is 6.07 Å². The van der Waals surface area contributed by atoms with Gasteiger partial charge in [0.15, 0.2) is 17.8 Å². The molecule has 15 nitrogen and oxygen atoms in total. The smallest absolute Gasteiger partial charge is 0.272 e. The summed E-state index contributed by atoms with van der Waals surface area (Å²) in [4.78, 5) is 72.7. The Labute approximate surface area is 350 Å². The zero-order valence-corrected chi connectivity index (χ0v) is 34.6. The van der Waals surface area contributed by atoms with Crippen molar-refractivity contribution in [2.75, 3.05) is 82.8 Å². The number of rotatable bonds is 15. The minimum absolute atomic E-state index is 0.0642. The lowest BCUT2D eigenvalue weighted by Gasteiger charge is -2.40. The number of carbonyl (C=O) groups is 5. The molecule has 1 unspecified atom stereocenters. The van der Waals surface area contributed by atoms with E-state index < -0.39 is 11.9 Å². The third kappa shape index (κ3) is 11.0. The Morgan fingerprint density at radius 2 is 1.66 bits per heavy atom. The molecule has 3 aliphatic heterocycles. The number of piperazine rings is 1. The fourth-order valence-corrected chi connectivity index (χ4v) is 8.51. The molecule has 312 valence electrons. The molecule has 3 saturated heterocycles. The molecular weight excluding hydrogens is 772 g/mol. The lowest BCUT2D eigenvalue weighted by Crippen LogP contribution is -2.49. The van der Waals surface area contributed by atoms with Gasteiger partial charge in [0.1, 0.15) is 18.4 Å². The van der Waals surface area contributed by atoms with Crippen LogP contribution in [-0.2, 0) is 16.1 Å². The van der Waals surface area contributed by atoms with Gasteiger partial charge in [0, 0.05) is 103 Å². The fraction of sp³-hybridized carbons (Fsp3) is 0.488. The standard InChI is InChI=1S/C43H53ClN10O5/c1-46-42(58)39(4-3-23-55)50(2)43(59)36-25-35(8-7-33(36)29-56)53-21-19-52(20-22-53)27-30-11-17-54(18-12-30)40-10-9-38(48-49-40)41(57)47-34-13-15-51(16-14-34)28-31-5-6-32(26-45)37(44)24-31/h5-10,23-25,29-30,34,39H,3-4,11-22,27-28H2,1-2H3,(H,46,58)(H,47,57). The van der Waals surface area contributed by atoms with Crippen LogP contribution in [0.15, 0.2) is 48.5 Å². The number of anilines is 2. The summed E-state index contributed by atoms with van der Waals surface area (Å²) >= 11 is 6.21. The maximum atomic E-state index is 13.6. The van der Waals surface area contributed by atoms with Crippen molar-refractivity contribution in [3.05, 3.63) is 81.5 Å². The molecule has 3 amide bonds. The van der Waals surface area contributed by atoms with Crippen LogP contribution in [0, 0.1) is 17.2 Å². The third-order valence-corrected chi connectivity index (χ3v) is 12.2. The van der Waals surface area contributed by atoms with E-state index in [0.29, 0.717) is 28.5 Å². The molecule has 4 heterocycles. The van der Waals surface area contributed by atoms with Crippen molar-refractivity contribution in [1.82, 2.24) is 35.5 Å². The Balaban J connectivity index is 0.923. The highest BCUT2D eigenvalue weighted by Gasteiger charge is 2.30. The number of piperidine rings is 2. The molecule has 3 aromatic rings. The Hall–Kier alpha value is -5.43. The maximum absolute atomic E-state index is 13.6. The van der Waals surface area contributed by atoms with Gasteiger partial charge in [0.2, 0.25) is 5.91 Å². The van der Waals surface area contributed by atoms with Gasteiger partial charge in [-0.3, -0.25) is 29.0 Å². The number of aromatic nitrogens is 2. The number of nitriles is 1. The number of hydrogen-bond acceptors (Lipinski definition) is 12. The molecule has 0 radical (unpaired) electrons. The second-order valence-electron chi connectivity index (χ2n) is 15.6. The highest BCUT2D eigenvalue weighted by atomic mass is 35.5. The normalized spacial score (nSPS) is 17.5. The Morgan fingerprint density at radius 3 is 2.29 bits per heavy atom. The van der Waals surface area contributed by atoms with Crippen LogP contribution in [0.2, 0.25) is 5.02 Å². The number of nitrogens with zero attached hydrogens (tertiary/aromatic N) is 8. The largest absolute Gasteiger partial charge is 0.369 e. The average molecular weight is 825 g/mol. The minimum atomic E-state index is -0.834. The first kappa shape index (κ1) is 43.2. The van der Waals surface area contributed by atoms with Crippen LogP contribution in [0.1, 0.15) is 80.9 Å². The molecule has 1 atom stereocenters. The molecule has 59 heavy (non-hydrogen) atoms. The number of likely N-dealkylation sites (tertiary alicyclic amines) is 1. The van der Waals surface area contributed by atoms with Gasteiger partial charge in [-0.05, 0) is 86.1 Å². The summed E-state index contributed by atoms with van der Waals surface area (Å²) in [5, 5.41) is 24.0. The molecule has 2 N–H and O–H groups in total. The fourth-order valence-electron chi connectivity index (χ4n) is 8.27. The highest BCUT2D eigenvalue weighted by Crippen LogP contribution is 2.26. The van der Waals surface area contributed by atoms with E-state index in [1.54, 1.807) is 24.3 Å². The predicted octanol–water partition coefficient (Wildman–Crippen LogP) is 3.41. The van der Waals surface area contributed by atoms with Crippen molar-refractivity contribution in [2.24, 2.45) is 5.92 Å². The van der Waals surface area contributed by atoms with E-state index in [1.807, 2.05) is 24.3 Å². The second-order valence-corrected chi connectivity index (χ2v) is 16.0. The van der Waals surface area contributed by atoms with Gasteiger partial charge >= 0.3 is 0 Å². The number of nitrogens with one attached hydrogen (secondary N) is 2. The van der Waals surface area contributed by atoms with Gasteiger partial charge in [0.25, 0.3) is 11.8 Å². The van der Waals surface area contributed by atoms with E-state index >= 15 is 0 Å². The SMILES string of the molecule is CNC(=O)C(CCC=O)N(C)C(=O)c1cc(N2CCN(CC3CCN(c4ccc(C(=O)NC5CCN(Cc6ccc(C#N)c(Cl)c6)CC5)nn4)CC3)CC2)ccc1C=O. The van der Waals surface area contributed by atoms with E-state index in [9.17, 15) is 24.0 Å². The molecule has 0 spiro atoms. The van der Waals surface area contributed by atoms with Crippen molar-refractivity contribution in [3.63, 3.8) is 0 Å². The highest BCUT2D eigenvalue weighted by molar-refractivity contribution is 6.31. The van der Waals surface area contributed by atoms with Crippen molar-refractivity contribution >= 4 is 53.4 Å². The van der Waals surface area contributed by atoms with Crippen LogP contribution in [0.3, 0.4) is 0 Å². The van der Waals surface area contributed by atoms with Crippen LogP contribution < -0.4 is 20.4 Å². The summed E-state index contributed by atoms with van der Waals surface area (Å²) in [6.45, 7) is 8.43. The van der Waals surface area contributed by atoms with Crippen molar-refractivity contribution in [2.45, 2.75) is 57.2 Å². The maximum Gasteiger partial charge on any atom is 0.272 e. The topological polar surface area (TPSA) is 175 Å². The monoisotopic (exact) mass is 824 g/mol. The number of benzene rings is 2. The van der Waals surface area contributed by atoms with E-state index in [4.69, 9.17) is 16.9 Å². The molecule has 2 aromatic carbocycles. The number of carbonyl (C=O) groups excluding carboxylic acids is 5. The quantitative estimate of drug-likeness (QED) is 0.214. The molecule has 0 aliphatic carbocycles. The molecule has 3 aliphatic rings. The predicted molar refractivity (Wildman–Crippen MR) is 225 cm³/mol. The lowest BCUT2D eigenvalue weighted by molar-refractivity contribution is -0.125. The molecule has 3 fully saturated rings. The summed E-state index contributed by atoms with van der Waals surface area (Å²) in [7, 11) is 3.01. The Kier molecular flexibility index (Phi) is 15.0. The van der Waals surface area contributed by atoms with Crippen LogP contribution in [0.5, 0.6) is 0 Å². The molecule has 1 aromatic heterocycles. The number of aldehydes is 2. The van der Waals surface area contributed by atoms with Gasteiger partial charge in [-0.1, -0.05) is 17.7 Å². The molecule has 16 heteroatoms. The van der Waals surface area contributed by atoms with Crippen LogP contribution in [0.4, 0.5) is 11.5 Å². The summed E-state index contributed by atoms with van der Waals surface area (Å²) in [5.74, 6) is 0.297. The van der Waals surface area contributed by atoms with Crippen LogP contribution in [-0.4, -0.2) is 140 Å². The summed E-state index contributed by atoms with van der Waals surface area (Å²) < 4.78 is 0. The summed E-state index contributed by atoms with van der Waals surface area (Å²) in [6.07, 6.45) is 5.41. The summed E-state index contributed by atoms with van der Waals surface area (Å²) in [6, 6.07) is 15.8. The van der Waals surface area contributed by atoms with Gasteiger partial charge in [0.05, 0.1) is 16.1 Å². The molecule has 0 bridgehead atoms. The Bertz CT molecular complexity index is 2000. The van der Waals surface area contributed by atoms with Gasteiger partial charge < -0.3 is 30.1 Å². The zero-order chi connectivity index (χ0) is 41.9. The summed E-state index contributed by atoms with van der Waals surface area (Å²) in [5.41, 5.74) is 3.18. The second kappa shape index (κ2) is 20.5. The van der Waals surface area contributed by atoms with Gasteiger partial charge in [-0.25, -0.2) is 0 Å². The van der Waals surface area contributed by atoms with E-state index in [2.05, 4.69) is 46.5 Å². The number of likely N-dealkylation sites (N-methyl/N-ethyl adjacent to an activating group) is 2. The van der Waals surface area contributed by atoms with E-state index in [-0.39, 0.29) is 41.8 Å². The van der Waals surface area contributed by atoms with Gasteiger partial charge in [-0.2, -0.15) is 5.26 Å².